The lowest BCUT2D eigenvalue weighted by Crippen LogP contribution is -2.57. The van der Waals surface area contributed by atoms with E-state index in [9.17, 15) is 9.59 Å². The van der Waals surface area contributed by atoms with Gasteiger partial charge >= 0.3 is 0 Å². The Balaban J connectivity index is 2.12. The predicted octanol–water partition coefficient (Wildman–Crippen LogP) is 0.742. The Morgan fingerprint density at radius 2 is 2.27 bits per heavy atom. The van der Waals surface area contributed by atoms with Gasteiger partial charge in [0, 0.05) is 6.54 Å². The maximum absolute atomic E-state index is 11.8. The average molecular weight is 273 g/mol. The minimum Gasteiger partial charge on any atom is -0.444 e. The lowest BCUT2D eigenvalue weighted by molar-refractivity contribution is -0.125. The van der Waals surface area contributed by atoms with Crippen molar-refractivity contribution in [3.8, 4) is 0 Å². The molecule has 1 fully saturated rings. The molecule has 1 atom stereocenters. The van der Waals surface area contributed by atoms with Crippen LogP contribution in [0.15, 0.2) is 21.2 Å². The molecule has 1 aromatic heterocycles. The van der Waals surface area contributed by atoms with Crippen molar-refractivity contribution in [3.05, 3.63) is 22.6 Å². The maximum Gasteiger partial charge on any atom is 0.290 e. The number of amides is 2. The molecule has 15 heavy (non-hydrogen) atoms. The van der Waals surface area contributed by atoms with E-state index in [0.717, 1.165) is 0 Å². The Morgan fingerprint density at radius 3 is 2.67 bits per heavy atom. The van der Waals surface area contributed by atoms with Crippen LogP contribution >= 0.6 is 15.9 Å². The first-order valence-corrected chi connectivity index (χ1v) is 5.24. The summed E-state index contributed by atoms with van der Waals surface area (Å²) in [5, 5.41) is 0. The maximum atomic E-state index is 11.8. The molecular formula is C9H9BrN2O3. The van der Waals surface area contributed by atoms with Crippen molar-refractivity contribution in [2.45, 2.75) is 12.5 Å². The molecule has 0 aromatic carbocycles. The van der Waals surface area contributed by atoms with Crippen LogP contribution in [-0.2, 0) is 4.79 Å². The summed E-state index contributed by atoms with van der Waals surface area (Å²) in [6, 6.07) is 2.70. The lowest BCUT2D eigenvalue weighted by atomic mass is 10.0. The fraction of sp³-hybridized carbons (Fsp3) is 0.333. The highest BCUT2D eigenvalue weighted by molar-refractivity contribution is 9.10. The fourth-order valence-corrected chi connectivity index (χ4v) is 1.80. The Labute approximate surface area is 94.3 Å². The van der Waals surface area contributed by atoms with Crippen LogP contribution in [0.4, 0.5) is 0 Å². The average Bonchev–Trinajstić information content (AvgIpc) is 2.48. The van der Waals surface area contributed by atoms with Crippen LogP contribution in [0, 0.1) is 0 Å². The van der Waals surface area contributed by atoms with Crippen LogP contribution in [0.25, 0.3) is 0 Å². The zero-order chi connectivity index (χ0) is 11.0. The largest absolute Gasteiger partial charge is 0.444 e. The molecule has 0 aliphatic carbocycles. The van der Waals surface area contributed by atoms with Gasteiger partial charge in [-0.1, -0.05) is 0 Å². The van der Waals surface area contributed by atoms with Gasteiger partial charge in [-0.05, 0) is 34.5 Å². The first kappa shape index (κ1) is 10.2. The van der Waals surface area contributed by atoms with E-state index < -0.39 is 11.9 Å². The summed E-state index contributed by atoms with van der Waals surface area (Å²) < 4.78 is 5.59. The molecule has 0 saturated carbocycles. The van der Waals surface area contributed by atoms with Gasteiger partial charge in [-0.15, -0.1) is 0 Å². The van der Waals surface area contributed by atoms with Crippen molar-refractivity contribution >= 4 is 27.7 Å². The lowest BCUT2D eigenvalue weighted by Gasteiger charge is -2.37. The molecule has 6 heteroatoms. The Kier molecular flexibility index (Phi) is 2.52. The zero-order valence-corrected chi connectivity index (χ0v) is 9.36. The van der Waals surface area contributed by atoms with Gasteiger partial charge in [0.1, 0.15) is 6.04 Å². The third kappa shape index (κ3) is 1.77. The van der Waals surface area contributed by atoms with Crippen LogP contribution < -0.4 is 5.73 Å². The van der Waals surface area contributed by atoms with Crippen molar-refractivity contribution < 1.29 is 14.0 Å². The van der Waals surface area contributed by atoms with Gasteiger partial charge in [0.2, 0.25) is 5.91 Å². The molecular weight excluding hydrogens is 264 g/mol. The minimum absolute atomic E-state index is 0.216. The second-order valence-corrected chi connectivity index (χ2v) is 4.09. The molecule has 1 aliphatic heterocycles. The highest BCUT2D eigenvalue weighted by Crippen LogP contribution is 2.22. The second kappa shape index (κ2) is 3.69. The molecule has 1 unspecified atom stereocenters. The number of hydrogen-bond donors (Lipinski definition) is 1. The number of rotatable bonds is 2. The number of likely N-dealkylation sites (tertiary alicyclic amines) is 1. The topological polar surface area (TPSA) is 76.5 Å². The summed E-state index contributed by atoms with van der Waals surface area (Å²) in [4.78, 5) is 24.1. The molecule has 80 valence electrons. The third-order valence-electron chi connectivity index (χ3n) is 2.39. The number of carbonyl (C=O) groups excluding carboxylic acids is 2. The number of primary amides is 1. The van der Waals surface area contributed by atoms with E-state index in [-0.39, 0.29) is 11.7 Å². The van der Waals surface area contributed by atoms with E-state index in [4.69, 9.17) is 10.2 Å². The smallest absolute Gasteiger partial charge is 0.290 e. The zero-order valence-electron chi connectivity index (χ0n) is 7.77. The summed E-state index contributed by atoms with van der Waals surface area (Å²) in [5.41, 5.74) is 5.14. The van der Waals surface area contributed by atoms with Gasteiger partial charge < -0.3 is 15.1 Å². The molecule has 0 bridgehead atoms. The van der Waals surface area contributed by atoms with Crippen LogP contribution in [0.1, 0.15) is 17.0 Å². The summed E-state index contributed by atoms with van der Waals surface area (Å²) in [6.45, 7) is 0.546. The molecule has 0 radical (unpaired) electrons. The quantitative estimate of drug-likeness (QED) is 0.863. The normalized spacial score (nSPS) is 19.8. The predicted molar refractivity (Wildman–Crippen MR) is 55.0 cm³/mol. The van der Waals surface area contributed by atoms with Gasteiger partial charge in [0.05, 0.1) is 0 Å². The molecule has 1 saturated heterocycles. The van der Waals surface area contributed by atoms with Crippen molar-refractivity contribution in [1.82, 2.24) is 4.90 Å². The summed E-state index contributed by atoms with van der Waals surface area (Å²) >= 11 is 3.10. The number of carbonyl (C=O) groups is 2. The van der Waals surface area contributed by atoms with Crippen LogP contribution in [-0.4, -0.2) is 29.3 Å². The first-order valence-electron chi connectivity index (χ1n) is 4.45. The number of hydrogen-bond acceptors (Lipinski definition) is 3. The molecule has 1 aromatic rings. The van der Waals surface area contributed by atoms with Gasteiger partial charge in [0.25, 0.3) is 5.91 Å². The van der Waals surface area contributed by atoms with E-state index in [2.05, 4.69) is 15.9 Å². The second-order valence-electron chi connectivity index (χ2n) is 3.31. The van der Waals surface area contributed by atoms with Crippen molar-refractivity contribution in [3.63, 3.8) is 0 Å². The van der Waals surface area contributed by atoms with Gasteiger partial charge in [0.15, 0.2) is 10.4 Å². The van der Waals surface area contributed by atoms with Crippen molar-refractivity contribution in [2.24, 2.45) is 5.73 Å². The van der Waals surface area contributed by atoms with Crippen LogP contribution in [0.5, 0.6) is 0 Å². The van der Waals surface area contributed by atoms with Gasteiger partial charge in [-0.2, -0.15) is 0 Å². The number of furan rings is 1. The van der Waals surface area contributed by atoms with Crippen LogP contribution in [0.3, 0.4) is 0 Å². The molecule has 2 amide bonds. The van der Waals surface area contributed by atoms with Gasteiger partial charge in [-0.3, -0.25) is 9.59 Å². The van der Waals surface area contributed by atoms with Gasteiger partial charge in [-0.25, -0.2) is 0 Å². The third-order valence-corrected chi connectivity index (χ3v) is 2.82. The fourth-order valence-electron chi connectivity index (χ4n) is 1.50. The monoisotopic (exact) mass is 272 g/mol. The molecule has 5 nitrogen and oxygen atoms in total. The summed E-state index contributed by atoms with van der Waals surface area (Å²) in [7, 11) is 0. The van der Waals surface area contributed by atoms with E-state index >= 15 is 0 Å². The SMILES string of the molecule is NC(=O)C1CCN1C(=O)c1ccc(Br)o1. The molecule has 2 N–H and O–H groups in total. The Morgan fingerprint density at radius 1 is 1.53 bits per heavy atom. The summed E-state index contributed by atoms with van der Waals surface area (Å²) in [6.07, 6.45) is 0.628. The highest BCUT2D eigenvalue weighted by atomic mass is 79.9. The van der Waals surface area contributed by atoms with Crippen LogP contribution in [0.2, 0.25) is 0 Å². The molecule has 1 aliphatic rings. The standard InChI is InChI=1S/C9H9BrN2O3/c10-7-2-1-6(15-7)9(14)12-4-3-5(12)8(11)13/h1-2,5H,3-4H2,(H2,11,13). The van der Waals surface area contributed by atoms with E-state index in [0.29, 0.717) is 17.6 Å². The first-order chi connectivity index (χ1) is 7.09. The summed E-state index contributed by atoms with van der Waals surface area (Å²) in [5.74, 6) is -0.552. The number of nitrogens with two attached hydrogens (primary N) is 1. The number of halogens is 1. The molecule has 2 rings (SSSR count). The molecule has 0 spiro atoms. The van der Waals surface area contributed by atoms with E-state index in [1.165, 1.54) is 4.90 Å². The van der Waals surface area contributed by atoms with Crippen molar-refractivity contribution in [2.75, 3.05) is 6.54 Å². The van der Waals surface area contributed by atoms with Crippen molar-refractivity contribution in [1.29, 1.82) is 0 Å². The number of nitrogens with zero attached hydrogens (tertiary/aromatic N) is 1. The van der Waals surface area contributed by atoms with E-state index in [1.807, 2.05) is 0 Å². The Bertz CT molecular complexity index is 415. The van der Waals surface area contributed by atoms with E-state index in [1.54, 1.807) is 12.1 Å². The minimum atomic E-state index is -0.485. The Hall–Kier alpha value is -1.30. The highest BCUT2D eigenvalue weighted by Gasteiger charge is 2.37. The molecule has 2 heterocycles.